The molecule has 0 aliphatic carbocycles. The van der Waals surface area contributed by atoms with Crippen molar-refractivity contribution in [3.8, 4) is 11.4 Å². The van der Waals surface area contributed by atoms with E-state index in [0.717, 1.165) is 5.56 Å². The number of hydrogen-bond acceptors (Lipinski definition) is 6. The van der Waals surface area contributed by atoms with Crippen LogP contribution in [0.4, 0.5) is 5.69 Å². The third-order valence-electron chi connectivity index (χ3n) is 3.64. The van der Waals surface area contributed by atoms with E-state index < -0.39 is 18.5 Å². The fourth-order valence-corrected chi connectivity index (χ4v) is 2.46. The molecule has 0 bridgehead atoms. The predicted octanol–water partition coefficient (Wildman–Crippen LogP) is 2.79. The van der Waals surface area contributed by atoms with Crippen LogP contribution in [-0.4, -0.2) is 39.9 Å². The summed E-state index contributed by atoms with van der Waals surface area (Å²) in [5.41, 5.74) is 2.07. The third-order valence-corrected chi connectivity index (χ3v) is 3.88. The van der Waals surface area contributed by atoms with E-state index >= 15 is 0 Å². The normalized spacial score (nSPS) is 10.4. The number of nitrogens with zero attached hydrogens (tertiary/aromatic N) is 3. The van der Waals surface area contributed by atoms with Gasteiger partial charge in [0.2, 0.25) is 0 Å². The molecule has 1 N–H and O–H groups in total. The molecule has 28 heavy (non-hydrogen) atoms. The predicted molar refractivity (Wildman–Crippen MR) is 103 cm³/mol. The minimum atomic E-state index is -0.654. The second-order valence-electron chi connectivity index (χ2n) is 5.81. The van der Waals surface area contributed by atoms with Crippen LogP contribution in [-0.2, 0) is 14.3 Å². The summed E-state index contributed by atoms with van der Waals surface area (Å²) >= 11 is 6.00. The molecule has 0 unspecified atom stereocenters. The number of rotatable bonds is 7. The molecule has 0 aliphatic heterocycles. The third kappa shape index (κ3) is 5.31. The molecule has 0 fully saturated rings. The minimum Gasteiger partial charge on any atom is -0.482 e. The molecule has 0 spiro atoms. The number of carbonyl (C=O) groups is 2. The first-order chi connectivity index (χ1) is 13.5. The van der Waals surface area contributed by atoms with Crippen molar-refractivity contribution in [1.29, 1.82) is 0 Å². The molecule has 0 saturated heterocycles. The van der Waals surface area contributed by atoms with Crippen molar-refractivity contribution in [2.75, 3.05) is 18.5 Å². The maximum Gasteiger partial charge on any atom is 0.344 e. The van der Waals surface area contributed by atoms with E-state index in [1.54, 1.807) is 30.3 Å². The van der Waals surface area contributed by atoms with Gasteiger partial charge in [0.05, 0.1) is 11.4 Å². The Kier molecular flexibility index (Phi) is 6.23. The van der Waals surface area contributed by atoms with E-state index in [1.807, 2.05) is 19.1 Å². The van der Waals surface area contributed by atoms with Gasteiger partial charge in [0.1, 0.15) is 18.4 Å². The van der Waals surface area contributed by atoms with Crippen LogP contribution in [0.15, 0.2) is 55.1 Å². The Morgan fingerprint density at radius 2 is 1.93 bits per heavy atom. The molecule has 3 rings (SSSR count). The van der Waals surface area contributed by atoms with Crippen LogP contribution < -0.4 is 10.1 Å². The Balaban J connectivity index is 1.52. The van der Waals surface area contributed by atoms with Gasteiger partial charge in [-0.15, -0.1) is 0 Å². The molecule has 8 nitrogen and oxygen atoms in total. The highest BCUT2D eigenvalue weighted by Crippen LogP contribution is 2.23. The summed E-state index contributed by atoms with van der Waals surface area (Å²) in [5, 5.41) is 7.10. The molecule has 0 aliphatic rings. The van der Waals surface area contributed by atoms with Crippen molar-refractivity contribution in [3.05, 3.63) is 65.7 Å². The van der Waals surface area contributed by atoms with E-state index in [-0.39, 0.29) is 6.61 Å². The Morgan fingerprint density at radius 3 is 2.64 bits per heavy atom. The summed E-state index contributed by atoms with van der Waals surface area (Å²) in [5.74, 6) is -0.631. The highest BCUT2D eigenvalue weighted by Gasteiger charge is 2.13. The number of hydrogen-bond donors (Lipinski definition) is 1. The maximum atomic E-state index is 12.1. The second kappa shape index (κ2) is 9.01. The molecule has 0 radical (unpaired) electrons. The summed E-state index contributed by atoms with van der Waals surface area (Å²) in [4.78, 5) is 27.8. The number of anilines is 1. The van der Waals surface area contributed by atoms with Gasteiger partial charge in [-0.25, -0.2) is 14.5 Å². The smallest absolute Gasteiger partial charge is 0.344 e. The summed E-state index contributed by atoms with van der Waals surface area (Å²) in [6.45, 7) is 1.20. The van der Waals surface area contributed by atoms with Crippen LogP contribution in [0.3, 0.4) is 0 Å². The molecule has 2 aromatic carbocycles. The number of carbonyl (C=O) groups excluding carboxylic acids is 2. The van der Waals surface area contributed by atoms with Crippen molar-refractivity contribution in [2.24, 2.45) is 0 Å². The number of halogens is 1. The Labute approximate surface area is 166 Å². The quantitative estimate of drug-likeness (QED) is 0.613. The molecule has 9 heteroatoms. The highest BCUT2D eigenvalue weighted by molar-refractivity contribution is 6.31. The van der Waals surface area contributed by atoms with E-state index in [2.05, 4.69) is 15.4 Å². The van der Waals surface area contributed by atoms with E-state index in [9.17, 15) is 9.59 Å². The lowest BCUT2D eigenvalue weighted by atomic mass is 10.2. The Bertz CT molecular complexity index is 959. The van der Waals surface area contributed by atoms with Gasteiger partial charge in [-0.1, -0.05) is 29.3 Å². The van der Waals surface area contributed by atoms with Crippen LogP contribution >= 0.6 is 11.6 Å². The maximum absolute atomic E-state index is 12.1. The lowest BCUT2D eigenvalue weighted by Crippen LogP contribution is -2.24. The van der Waals surface area contributed by atoms with Crippen LogP contribution in [0.2, 0.25) is 5.02 Å². The average Bonchev–Trinajstić information content (AvgIpc) is 3.20. The number of benzene rings is 2. The molecule has 3 aromatic rings. The van der Waals surface area contributed by atoms with Gasteiger partial charge in [-0.2, -0.15) is 5.10 Å². The minimum absolute atomic E-state index is 0.294. The summed E-state index contributed by atoms with van der Waals surface area (Å²) in [7, 11) is 0. The van der Waals surface area contributed by atoms with Crippen LogP contribution in [0.25, 0.3) is 5.69 Å². The second-order valence-corrected chi connectivity index (χ2v) is 6.25. The Hall–Kier alpha value is -3.39. The lowest BCUT2D eigenvalue weighted by molar-refractivity contribution is -0.149. The van der Waals surface area contributed by atoms with E-state index in [4.69, 9.17) is 21.1 Å². The molecule has 0 saturated carbocycles. The number of ether oxygens (including phenoxy) is 2. The van der Waals surface area contributed by atoms with E-state index in [1.165, 1.54) is 17.3 Å². The SMILES string of the molecule is Cc1ccc(OCC(=O)OCC(=O)Nc2cc(Cl)ccc2-n2cncn2)cc1. The molecule has 0 atom stereocenters. The Morgan fingerprint density at radius 1 is 1.14 bits per heavy atom. The standard InChI is InChI=1S/C19H17ClN4O4/c1-13-2-5-15(6-3-13)27-10-19(26)28-9-18(25)23-16-8-14(20)4-7-17(16)24-12-21-11-22-24/h2-8,11-12H,9-10H2,1H3,(H,23,25). The van der Waals surface area contributed by atoms with Gasteiger partial charge >= 0.3 is 5.97 Å². The zero-order valence-electron chi connectivity index (χ0n) is 15.0. The lowest BCUT2D eigenvalue weighted by Gasteiger charge is -2.12. The van der Waals surface area contributed by atoms with Gasteiger partial charge < -0.3 is 14.8 Å². The molecule has 1 aromatic heterocycles. The number of nitrogens with one attached hydrogen (secondary N) is 1. The summed E-state index contributed by atoms with van der Waals surface area (Å²) < 4.78 is 11.7. The highest BCUT2D eigenvalue weighted by atomic mass is 35.5. The van der Waals surface area contributed by atoms with Crippen molar-refractivity contribution < 1.29 is 19.1 Å². The molecular formula is C19H17ClN4O4. The van der Waals surface area contributed by atoms with Gasteiger partial charge in [0.25, 0.3) is 5.91 Å². The molecule has 1 amide bonds. The number of amides is 1. The molecule has 1 heterocycles. The fraction of sp³-hybridized carbons (Fsp3) is 0.158. The average molecular weight is 401 g/mol. The molecule has 144 valence electrons. The number of esters is 1. The molecular weight excluding hydrogens is 384 g/mol. The van der Waals surface area contributed by atoms with Crippen molar-refractivity contribution >= 4 is 29.2 Å². The van der Waals surface area contributed by atoms with Gasteiger partial charge in [-0.05, 0) is 37.3 Å². The summed E-state index contributed by atoms with van der Waals surface area (Å²) in [6, 6.07) is 12.2. The van der Waals surface area contributed by atoms with Crippen LogP contribution in [0.5, 0.6) is 5.75 Å². The van der Waals surface area contributed by atoms with E-state index in [0.29, 0.717) is 22.1 Å². The first kappa shape index (κ1) is 19.4. The monoisotopic (exact) mass is 400 g/mol. The van der Waals surface area contributed by atoms with Gasteiger partial charge in [0, 0.05) is 5.02 Å². The van der Waals surface area contributed by atoms with Gasteiger partial charge in [-0.3, -0.25) is 4.79 Å². The summed E-state index contributed by atoms with van der Waals surface area (Å²) in [6.07, 6.45) is 2.86. The largest absolute Gasteiger partial charge is 0.482 e. The van der Waals surface area contributed by atoms with Crippen molar-refractivity contribution in [3.63, 3.8) is 0 Å². The first-order valence-corrected chi connectivity index (χ1v) is 8.68. The van der Waals surface area contributed by atoms with Gasteiger partial charge in [0.15, 0.2) is 13.2 Å². The zero-order chi connectivity index (χ0) is 19.9. The first-order valence-electron chi connectivity index (χ1n) is 8.31. The van der Waals surface area contributed by atoms with Crippen molar-refractivity contribution in [2.45, 2.75) is 6.92 Å². The van der Waals surface area contributed by atoms with Crippen LogP contribution in [0.1, 0.15) is 5.56 Å². The fourth-order valence-electron chi connectivity index (χ4n) is 2.29. The number of aromatic nitrogens is 3. The topological polar surface area (TPSA) is 95.3 Å². The zero-order valence-corrected chi connectivity index (χ0v) is 15.7. The number of aryl methyl sites for hydroxylation is 1. The van der Waals surface area contributed by atoms with Crippen LogP contribution in [0, 0.1) is 6.92 Å². The van der Waals surface area contributed by atoms with Crippen molar-refractivity contribution in [1.82, 2.24) is 14.8 Å².